The number of carbonyl (C=O) groups is 1. The SMILES string of the molecule is Cl.Cl.Cn1ccc(N2CCCC(N3CCCc4c(N)cccc43)C2=O)n1. The van der Waals surface area contributed by atoms with Gasteiger partial charge in [0.2, 0.25) is 0 Å². The van der Waals surface area contributed by atoms with Gasteiger partial charge in [0.05, 0.1) is 0 Å². The molecule has 2 aliphatic rings. The van der Waals surface area contributed by atoms with Crippen LogP contribution in [-0.4, -0.2) is 34.8 Å². The second-order valence-electron chi connectivity index (χ2n) is 6.64. The summed E-state index contributed by atoms with van der Waals surface area (Å²) in [5.41, 5.74) is 9.30. The summed E-state index contributed by atoms with van der Waals surface area (Å²) in [6.45, 7) is 1.65. The standard InChI is InChI=1S/C18H23N5O.2ClH/c1-21-12-9-17(20-21)23-11-4-8-16(18(23)24)22-10-3-5-13-14(19)6-2-7-15(13)22;;/h2,6-7,9,12,16H,3-5,8,10-11,19H2,1H3;2*1H. The largest absolute Gasteiger partial charge is 0.398 e. The third-order valence-corrected chi connectivity index (χ3v) is 5.09. The predicted octanol–water partition coefficient (Wildman–Crippen LogP) is 2.79. The van der Waals surface area contributed by atoms with Crippen LogP contribution in [0.2, 0.25) is 0 Å². The lowest BCUT2D eigenvalue weighted by Crippen LogP contribution is -2.54. The van der Waals surface area contributed by atoms with Crippen molar-refractivity contribution >= 4 is 47.9 Å². The number of aromatic nitrogens is 2. The maximum atomic E-state index is 13.1. The van der Waals surface area contributed by atoms with Gasteiger partial charge in [-0.25, -0.2) is 0 Å². The van der Waals surface area contributed by atoms with Crippen LogP contribution in [0.5, 0.6) is 0 Å². The summed E-state index contributed by atoms with van der Waals surface area (Å²) < 4.78 is 1.74. The molecule has 1 aromatic heterocycles. The number of nitrogens with zero attached hydrogens (tertiary/aromatic N) is 4. The van der Waals surface area contributed by atoms with Crippen LogP contribution in [0.4, 0.5) is 17.2 Å². The number of piperidine rings is 1. The van der Waals surface area contributed by atoms with E-state index in [9.17, 15) is 4.79 Å². The van der Waals surface area contributed by atoms with Crippen molar-refractivity contribution in [3.8, 4) is 0 Å². The first-order valence-corrected chi connectivity index (χ1v) is 8.60. The molecule has 0 aliphatic carbocycles. The van der Waals surface area contributed by atoms with Crippen LogP contribution in [0, 0.1) is 0 Å². The van der Waals surface area contributed by atoms with Gasteiger partial charge in [-0.1, -0.05) is 6.07 Å². The van der Waals surface area contributed by atoms with E-state index < -0.39 is 0 Å². The zero-order valence-electron chi connectivity index (χ0n) is 14.8. The Bertz CT molecular complexity index is 779. The Hall–Kier alpha value is -1.92. The van der Waals surface area contributed by atoms with Crippen molar-refractivity contribution in [2.45, 2.75) is 31.7 Å². The monoisotopic (exact) mass is 397 g/mol. The number of benzene rings is 1. The third kappa shape index (κ3) is 3.48. The highest BCUT2D eigenvalue weighted by Crippen LogP contribution is 2.35. The molecule has 26 heavy (non-hydrogen) atoms. The molecule has 2 N–H and O–H groups in total. The molecule has 1 saturated heterocycles. The van der Waals surface area contributed by atoms with Crippen molar-refractivity contribution in [1.29, 1.82) is 0 Å². The molecule has 3 heterocycles. The fraction of sp³-hybridized carbons (Fsp3) is 0.444. The molecule has 1 atom stereocenters. The summed E-state index contributed by atoms with van der Waals surface area (Å²) in [6, 6.07) is 7.81. The Labute approximate surface area is 166 Å². The van der Waals surface area contributed by atoms with Crippen molar-refractivity contribution in [3.05, 3.63) is 36.0 Å². The number of nitrogen functional groups attached to an aromatic ring is 1. The zero-order chi connectivity index (χ0) is 16.7. The lowest BCUT2D eigenvalue weighted by atomic mass is 9.95. The molecule has 1 aromatic carbocycles. The average molecular weight is 398 g/mol. The van der Waals surface area contributed by atoms with E-state index in [0.29, 0.717) is 0 Å². The van der Waals surface area contributed by atoms with Gasteiger partial charge in [-0.2, -0.15) is 5.10 Å². The summed E-state index contributed by atoms with van der Waals surface area (Å²) in [7, 11) is 1.87. The topological polar surface area (TPSA) is 67.4 Å². The highest BCUT2D eigenvalue weighted by molar-refractivity contribution is 5.99. The summed E-state index contributed by atoms with van der Waals surface area (Å²) >= 11 is 0. The highest BCUT2D eigenvalue weighted by Gasteiger charge is 2.36. The molecule has 4 rings (SSSR count). The van der Waals surface area contributed by atoms with Crippen molar-refractivity contribution in [3.63, 3.8) is 0 Å². The van der Waals surface area contributed by atoms with Crippen LogP contribution in [0.1, 0.15) is 24.8 Å². The molecule has 2 aliphatic heterocycles. The summed E-state index contributed by atoms with van der Waals surface area (Å²) in [4.78, 5) is 17.2. The molecule has 8 heteroatoms. The minimum absolute atomic E-state index is 0. The molecule has 0 radical (unpaired) electrons. The molecule has 2 aromatic rings. The van der Waals surface area contributed by atoms with Gasteiger partial charge in [0.25, 0.3) is 5.91 Å². The molecule has 0 spiro atoms. The second-order valence-corrected chi connectivity index (χ2v) is 6.64. The van der Waals surface area contributed by atoms with Crippen LogP contribution >= 0.6 is 24.8 Å². The lowest BCUT2D eigenvalue weighted by Gasteiger charge is -2.41. The van der Waals surface area contributed by atoms with Crippen LogP contribution in [-0.2, 0) is 18.3 Å². The number of nitrogens with two attached hydrogens (primary N) is 1. The van der Waals surface area contributed by atoms with E-state index >= 15 is 0 Å². The van der Waals surface area contributed by atoms with E-state index in [1.165, 1.54) is 5.56 Å². The van der Waals surface area contributed by atoms with Gasteiger partial charge in [-0.05, 0) is 43.4 Å². The number of fused-ring (bicyclic) bond motifs is 1. The molecule has 0 saturated carbocycles. The van der Waals surface area contributed by atoms with E-state index in [1.54, 1.807) is 4.68 Å². The minimum atomic E-state index is -0.124. The van der Waals surface area contributed by atoms with Crippen molar-refractivity contribution in [1.82, 2.24) is 9.78 Å². The summed E-state index contributed by atoms with van der Waals surface area (Å²) in [5.74, 6) is 0.896. The minimum Gasteiger partial charge on any atom is -0.398 e. The maximum Gasteiger partial charge on any atom is 0.250 e. The number of hydrogen-bond donors (Lipinski definition) is 1. The van der Waals surface area contributed by atoms with Gasteiger partial charge in [0.1, 0.15) is 6.04 Å². The molecule has 142 valence electrons. The first-order valence-electron chi connectivity index (χ1n) is 8.60. The third-order valence-electron chi connectivity index (χ3n) is 5.09. The lowest BCUT2D eigenvalue weighted by molar-refractivity contribution is -0.121. The van der Waals surface area contributed by atoms with Crippen molar-refractivity contribution in [2.24, 2.45) is 7.05 Å². The number of hydrogen-bond acceptors (Lipinski definition) is 4. The Morgan fingerprint density at radius 3 is 2.69 bits per heavy atom. The quantitative estimate of drug-likeness (QED) is 0.790. The number of rotatable bonds is 2. The first-order chi connectivity index (χ1) is 11.6. The van der Waals surface area contributed by atoms with Gasteiger partial charge >= 0.3 is 0 Å². The van der Waals surface area contributed by atoms with Gasteiger partial charge in [-0.15, -0.1) is 24.8 Å². The van der Waals surface area contributed by atoms with Crippen molar-refractivity contribution < 1.29 is 4.79 Å². The summed E-state index contributed by atoms with van der Waals surface area (Å²) in [6.07, 6.45) is 5.78. The van der Waals surface area contributed by atoms with Crippen molar-refractivity contribution in [2.75, 3.05) is 28.6 Å². The van der Waals surface area contributed by atoms with Crippen LogP contribution in [0.15, 0.2) is 30.5 Å². The Morgan fingerprint density at radius 1 is 1.15 bits per heavy atom. The Morgan fingerprint density at radius 2 is 1.96 bits per heavy atom. The first kappa shape index (κ1) is 20.4. The van der Waals surface area contributed by atoms with Gasteiger partial charge in [-0.3, -0.25) is 14.4 Å². The molecule has 1 unspecified atom stereocenters. The smallest absolute Gasteiger partial charge is 0.250 e. The second kappa shape index (κ2) is 8.18. The Kier molecular flexibility index (Phi) is 6.42. The summed E-state index contributed by atoms with van der Waals surface area (Å²) in [5, 5.41) is 4.41. The van der Waals surface area contributed by atoms with Crippen LogP contribution in [0.3, 0.4) is 0 Å². The highest BCUT2D eigenvalue weighted by atomic mass is 35.5. The molecule has 0 bridgehead atoms. The molecule has 6 nitrogen and oxygen atoms in total. The number of aryl methyl sites for hydroxylation is 1. The molecular weight excluding hydrogens is 373 g/mol. The fourth-order valence-electron chi connectivity index (χ4n) is 3.92. The van der Waals surface area contributed by atoms with Gasteiger partial charge in [0.15, 0.2) is 5.82 Å². The number of amides is 1. The fourth-order valence-corrected chi connectivity index (χ4v) is 3.92. The van der Waals surface area contributed by atoms with E-state index in [2.05, 4.69) is 16.1 Å². The van der Waals surface area contributed by atoms with Gasteiger partial charge in [0, 0.05) is 43.8 Å². The van der Waals surface area contributed by atoms with Crippen LogP contribution < -0.4 is 15.5 Å². The normalized spacial score (nSPS) is 19.4. The van der Waals surface area contributed by atoms with E-state index in [0.717, 1.165) is 56.0 Å². The van der Waals surface area contributed by atoms with Crippen LogP contribution in [0.25, 0.3) is 0 Å². The van der Waals surface area contributed by atoms with Gasteiger partial charge < -0.3 is 10.6 Å². The maximum absolute atomic E-state index is 13.1. The zero-order valence-corrected chi connectivity index (χ0v) is 16.4. The number of anilines is 3. The molecule has 1 amide bonds. The Balaban J connectivity index is 0.00000121. The predicted molar refractivity (Wildman–Crippen MR) is 110 cm³/mol. The van der Waals surface area contributed by atoms with E-state index in [4.69, 9.17) is 5.73 Å². The molecule has 1 fully saturated rings. The average Bonchev–Trinajstić information content (AvgIpc) is 3.01. The molecular formula is C18H25Cl2N5O. The number of carbonyl (C=O) groups excluding carboxylic acids is 1. The number of halogens is 2. The van der Waals surface area contributed by atoms with E-state index in [1.807, 2.05) is 36.3 Å². The van der Waals surface area contributed by atoms with E-state index in [-0.39, 0.29) is 36.8 Å².